The lowest BCUT2D eigenvalue weighted by Crippen LogP contribution is -2.26. The first-order chi connectivity index (χ1) is 8.32. The molecule has 0 spiro atoms. The fourth-order valence-electron chi connectivity index (χ4n) is 2.02. The van der Waals surface area contributed by atoms with Crippen molar-refractivity contribution < 1.29 is 17.2 Å². The SMILES string of the molecule is CCC(c1ccccc1S(=O)(=O)C(F)F)C(C)N. The van der Waals surface area contributed by atoms with E-state index >= 15 is 0 Å². The van der Waals surface area contributed by atoms with Crippen LogP contribution in [0.1, 0.15) is 31.7 Å². The van der Waals surface area contributed by atoms with E-state index in [9.17, 15) is 17.2 Å². The summed E-state index contributed by atoms with van der Waals surface area (Å²) in [6.45, 7) is 3.58. The lowest BCUT2D eigenvalue weighted by Gasteiger charge is -2.22. The predicted octanol–water partition coefficient (Wildman–Crippen LogP) is 2.52. The van der Waals surface area contributed by atoms with Gasteiger partial charge in [0.25, 0.3) is 0 Å². The quantitative estimate of drug-likeness (QED) is 0.899. The molecule has 0 heterocycles. The van der Waals surface area contributed by atoms with Crippen LogP contribution in [-0.2, 0) is 9.84 Å². The van der Waals surface area contributed by atoms with Crippen LogP contribution in [0.2, 0.25) is 0 Å². The highest BCUT2D eigenvalue weighted by atomic mass is 32.2. The molecule has 2 N–H and O–H groups in total. The molecule has 3 nitrogen and oxygen atoms in total. The molecule has 0 aliphatic rings. The molecular weight excluding hydrogens is 260 g/mol. The van der Waals surface area contributed by atoms with Gasteiger partial charge in [0.2, 0.25) is 9.84 Å². The van der Waals surface area contributed by atoms with Gasteiger partial charge in [0.15, 0.2) is 0 Å². The molecular formula is C12H17F2NO2S. The second-order valence-electron chi connectivity index (χ2n) is 4.22. The van der Waals surface area contributed by atoms with Gasteiger partial charge in [-0.2, -0.15) is 8.78 Å². The Morgan fingerprint density at radius 1 is 1.28 bits per heavy atom. The fraction of sp³-hybridized carbons (Fsp3) is 0.500. The van der Waals surface area contributed by atoms with E-state index < -0.39 is 15.6 Å². The van der Waals surface area contributed by atoms with Crippen molar-refractivity contribution in [1.29, 1.82) is 0 Å². The maximum absolute atomic E-state index is 12.6. The Morgan fingerprint density at radius 3 is 2.28 bits per heavy atom. The van der Waals surface area contributed by atoms with Gasteiger partial charge in [-0.1, -0.05) is 25.1 Å². The Hall–Kier alpha value is -1.01. The zero-order valence-corrected chi connectivity index (χ0v) is 11.1. The third kappa shape index (κ3) is 2.87. The number of hydrogen-bond acceptors (Lipinski definition) is 3. The van der Waals surface area contributed by atoms with Crippen LogP contribution in [0.15, 0.2) is 29.2 Å². The number of rotatable bonds is 5. The molecule has 2 unspecified atom stereocenters. The van der Waals surface area contributed by atoms with Crippen LogP contribution < -0.4 is 5.73 Å². The topological polar surface area (TPSA) is 60.2 Å². The number of benzene rings is 1. The minimum atomic E-state index is -4.59. The summed E-state index contributed by atoms with van der Waals surface area (Å²) in [6.07, 6.45) is 0.591. The minimum absolute atomic E-state index is 0.255. The summed E-state index contributed by atoms with van der Waals surface area (Å²) in [5.74, 6) is -3.67. The number of hydrogen-bond donors (Lipinski definition) is 1. The minimum Gasteiger partial charge on any atom is -0.327 e. The third-order valence-corrected chi connectivity index (χ3v) is 4.39. The first-order valence-electron chi connectivity index (χ1n) is 5.68. The predicted molar refractivity (Wildman–Crippen MR) is 66.3 cm³/mol. The average Bonchev–Trinajstić information content (AvgIpc) is 2.29. The number of halogens is 2. The third-order valence-electron chi connectivity index (χ3n) is 2.93. The van der Waals surface area contributed by atoms with Gasteiger partial charge in [0.1, 0.15) is 0 Å². The Labute approximate surface area is 106 Å². The molecule has 102 valence electrons. The Kier molecular flexibility index (Phi) is 4.81. The van der Waals surface area contributed by atoms with Crippen LogP contribution in [0.4, 0.5) is 8.78 Å². The highest BCUT2D eigenvalue weighted by Crippen LogP contribution is 2.31. The molecule has 0 aliphatic heterocycles. The zero-order chi connectivity index (χ0) is 13.9. The van der Waals surface area contributed by atoms with Crippen LogP contribution >= 0.6 is 0 Å². The average molecular weight is 277 g/mol. The number of sulfone groups is 1. The van der Waals surface area contributed by atoms with Crippen molar-refractivity contribution >= 4 is 9.84 Å². The largest absolute Gasteiger partial charge is 0.341 e. The van der Waals surface area contributed by atoms with Crippen molar-refractivity contribution in [2.75, 3.05) is 0 Å². The molecule has 0 radical (unpaired) electrons. The smallest absolute Gasteiger partial charge is 0.327 e. The van der Waals surface area contributed by atoms with Crippen molar-refractivity contribution in [2.24, 2.45) is 5.73 Å². The lowest BCUT2D eigenvalue weighted by atomic mass is 9.90. The molecule has 0 amide bonds. The fourth-order valence-corrected chi connectivity index (χ4v) is 3.03. The van der Waals surface area contributed by atoms with E-state index in [0.29, 0.717) is 12.0 Å². The van der Waals surface area contributed by atoms with E-state index in [2.05, 4.69) is 0 Å². The van der Waals surface area contributed by atoms with Gasteiger partial charge in [0, 0.05) is 6.04 Å². The van der Waals surface area contributed by atoms with E-state index in [1.165, 1.54) is 12.1 Å². The van der Waals surface area contributed by atoms with Crippen LogP contribution in [0.25, 0.3) is 0 Å². The molecule has 2 atom stereocenters. The van der Waals surface area contributed by atoms with Gasteiger partial charge in [-0.3, -0.25) is 0 Å². The first kappa shape index (κ1) is 15.0. The summed E-state index contributed by atoms with van der Waals surface area (Å²) in [4.78, 5) is -0.316. The van der Waals surface area contributed by atoms with Crippen molar-refractivity contribution in [1.82, 2.24) is 0 Å². The van der Waals surface area contributed by atoms with Crippen molar-refractivity contribution in [3.05, 3.63) is 29.8 Å². The Balaban J connectivity index is 3.40. The number of alkyl halides is 2. The number of nitrogens with two attached hydrogens (primary N) is 1. The summed E-state index contributed by atoms with van der Waals surface area (Å²) < 4.78 is 48.5. The van der Waals surface area contributed by atoms with E-state index in [0.717, 1.165) is 0 Å². The molecule has 0 aromatic heterocycles. The van der Waals surface area contributed by atoms with Gasteiger partial charge < -0.3 is 5.73 Å². The maximum atomic E-state index is 12.6. The van der Waals surface area contributed by atoms with E-state index in [1.807, 2.05) is 6.92 Å². The molecule has 0 aliphatic carbocycles. The van der Waals surface area contributed by atoms with E-state index in [-0.39, 0.29) is 16.9 Å². The van der Waals surface area contributed by atoms with Crippen LogP contribution in [0.5, 0.6) is 0 Å². The second kappa shape index (κ2) is 5.75. The Bertz CT molecular complexity index is 501. The van der Waals surface area contributed by atoms with E-state index in [4.69, 9.17) is 5.73 Å². The van der Waals surface area contributed by atoms with Gasteiger partial charge in [0.05, 0.1) is 4.90 Å². The summed E-state index contributed by atoms with van der Waals surface area (Å²) >= 11 is 0. The second-order valence-corrected chi connectivity index (χ2v) is 6.10. The molecule has 0 saturated carbocycles. The molecule has 0 fully saturated rings. The molecule has 0 bridgehead atoms. The van der Waals surface area contributed by atoms with Gasteiger partial charge in [-0.15, -0.1) is 0 Å². The highest BCUT2D eigenvalue weighted by molar-refractivity contribution is 7.91. The lowest BCUT2D eigenvalue weighted by molar-refractivity contribution is 0.234. The molecule has 1 aromatic carbocycles. The van der Waals surface area contributed by atoms with Crippen LogP contribution in [0, 0.1) is 0 Å². The van der Waals surface area contributed by atoms with Crippen molar-refractivity contribution in [3.63, 3.8) is 0 Å². The van der Waals surface area contributed by atoms with Crippen molar-refractivity contribution in [2.45, 2.75) is 42.9 Å². The zero-order valence-electron chi connectivity index (χ0n) is 10.3. The van der Waals surface area contributed by atoms with Crippen LogP contribution in [0.3, 0.4) is 0 Å². The van der Waals surface area contributed by atoms with Gasteiger partial charge >= 0.3 is 5.76 Å². The molecule has 0 saturated heterocycles. The monoisotopic (exact) mass is 277 g/mol. The summed E-state index contributed by atoms with van der Waals surface area (Å²) in [5, 5.41) is 0. The van der Waals surface area contributed by atoms with Crippen molar-refractivity contribution in [3.8, 4) is 0 Å². The van der Waals surface area contributed by atoms with Gasteiger partial charge in [-0.05, 0) is 30.9 Å². The summed E-state index contributed by atoms with van der Waals surface area (Å²) in [5.41, 5.74) is 6.16. The molecule has 6 heteroatoms. The molecule has 1 rings (SSSR count). The standard InChI is InChI=1S/C12H17F2NO2S/c1-3-9(8(2)15)10-6-4-5-7-11(10)18(16,17)12(13)14/h4-9,12H,3,15H2,1-2H3. The highest BCUT2D eigenvalue weighted by Gasteiger charge is 2.31. The van der Waals surface area contributed by atoms with Gasteiger partial charge in [-0.25, -0.2) is 8.42 Å². The first-order valence-corrected chi connectivity index (χ1v) is 7.23. The Morgan fingerprint density at radius 2 is 1.83 bits per heavy atom. The molecule has 18 heavy (non-hydrogen) atoms. The normalized spacial score (nSPS) is 15.7. The summed E-state index contributed by atoms with van der Waals surface area (Å²) in [7, 11) is -4.59. The summed E-state index contributed by atoms with van der Waals surface area (Å²) in [6, 6.07) is 5.52. The van der Waals surface area contributed by atoms with Crippen LogP contribution in [-0.4, -0.2) is 20.2 Å². The molecule has 1 aromatic rings. The van der Waals surface area contributed by atoms with E-state index in [1.54, 1.807) is 19.1 Å². The maximum Gasteiger partial charge on any atom is 0.341 e.